The van der Waals surface area contributed by atoms with Crippen molar-refractivity contribution in [3.05, 3.63) is 39.8 Å². The van der Waals surface area contributed by atoms with Gasteiger partial charge in [-0.3, -0.25) is 4.79 Å². The Balaban J connectivity index is 2.01. The maximum absolute atomic E-state index is 13.1. The van der Waals surface area contributed by atoms with Crippen LogP contribution in [0.25, 0.3) is 0 Å². The molecule has 0 saturated heterocycles. The van der Waals surface area contributed by atoms with Crippen molar-refractivity contribution in [1.29, 1.82) is 0 Å². The molecule has 1 aliphatic rings. The Labute approximate surface area is 168 Å². The largest absolute Gasteiger partial charge is 0.496 e. The fraction of sp³-hybridized carbons (Fsp3) is 0.429. The van der Waals surface area contributed by atoms with Crippen molar-refractivity contribution >= 4 is 28.2 Å². The van der Waals surface area contributed by atoms with Crippen molar-refractivity contribution in [1.82, 2.24) is 0 Å². The summed E-state index contributed by atoms with van der Waals surface area (Å²) >= 11 is 1.46. The second-order valence-electron chi connectivity index (χ2n) is 6.77. The summed E-state index contributed by atoms with van der Waals surface area (Å²) in [5.41, 5.74) is 1.78. The number of amides is 1. The van der Waals surface area contributed by atoms with E-state index in [9.17, 15) is 9.59 Å². The van der Waals surface area contributed by atoms with E-state index in [-0.39, 0.29) is 12.5 Å². The van der Waals surface area contributed by atoms with Crippen LogP contribution in [0, 0.1) is 5.92 Å². The van der Waals surface area contributed by atoms with Crippen molar-refractivity contribution in [2.45, 2.75) is 33.1 Å². The molecule has 1 aromatic carbocycles. The second kappa shape index (κ2) is 8.65. The highest BCUT2D eigenvalue weighted by Gasteiger charge is 2.30. The number of carbonyl (C=O) groups is 2. The molecule has 1 heterocycles. The number of esters is 1. The van der Waals surface area contributed by atoms with Gasteiger partial charge in [-0.1, -0.05) is 13.0 Å². The molecule has 0 saturated carbocycles. The van der Waals surface area contributed by atoms with Gasteiger partial charge in [0.05, 0.1) is 26.4 Å². The van der Waals surface area contributed by atoms with Crippen LogP contribution >= 0.6 is 11.3 Å². The summed E-state index contributed by atoms with van der Waals surface area (Å²) < 4.78 is 15.9. The Bertz CT molecular complexity index is 867. The van der Waals surface area contributed by atoms with Crippen LogP contribution in [-0.4, -0.2) is 32.7 Å². The summed E-state index contributed by atoms with van der Waals surface area (Å²) in [7, 11) is 3.00. The lowest BCUT2D eigenvalue weighted by molar-refractivity contribution is 0.0526. The highest BCUT2D eigenvalue weighted by molar-refractivity contribution is 7.17. The second-order valence-corrected chi connectivity index (χ2v) is 7.87. The molecule has 0 fully saturated rings. The molecule has 1 N–H and O–H groups in total. The van der Waals surface area contributed by atoms with Crippen molar-refractivity contribution in [3.63, 3.8) is 0 Å². The van der Waals surface area contributed by atoms with Crippen LogP contribution < -0.4 is 14.8 Å². The van der Waals surface area contributed by atoms with E-state index >= 15 is 0 Å². The maximum Gasteiger partial charge on any atom is 0.341 e. The number of thiophene rings is 1. The fourth-order valence-electron chi connectivity index (χ4n) is 3.50. The van der Waals surface area contributed by atoms with Crippen molar-refractivity contribution in [2.24, 2.45) is 5.92 Å². The molecular weight excluding hydrogens is 378 g/mol. The van der Waals surface area contributed by atoms with Gasteiger partial charge in [0.2, 0.25) is 0 Å². The first-order chi connectivity index (χ1) is 13.5. The van der Waals surface area contributed by atoms with Gasteiger partial charge in [-0.25, -0.2) is 4.79 Å². The number of fused-ring (bicyclic) bond motifs is 1. The lowest BCUT2D eigenvalue weighted by Crippen LogP contribution is -2.17. The minimum atomic E-state index is -0.392. The molecule has 1 aliphatic carbocycles. The first-order valence-electron chi connectivity index (χ1n) is 9.34. The first-order valence-corrected chi connectivity index (χ1v) is 10.2. The Hall–Kier alpha value is -2.54. The van der Waals surface area contributed by atoms with E-state index in [4.69, 9.17) is 14.2 Å². The van der Waals surface area contributed by atoms with E-state index in [1.165, 1.54) is 25.6 Å². The number of hydrogen-bond donors (Lipinski definition) is 1. The number of carbonyl (C=O) groups excluding carboxylic acids is 2. The number of benzene rings is 1. The number of rotatable bonds is 6. The lowest BCUT2D eigenvalue weighted by atomic mass is 9.88. The molecule has 1 aromatic heterocycles. The summed E-state index contributed by atoms with van der Waals surface area (Å²) in [6, 6.07) is 5.15. The quantitative estimate of drug-likeness (QED) is 0.727. The molecule has 6 nitrogen and oxygen atoms in total. The molecule has 0 radical (unpaired) electrons. The predicted octanol–water partition coefficient (Wildman–Crippen LogP) is 4.32. The fourth-order valence-corrected chi connectivity index (χ4v) is 4.89. The van der Waals surface area contributed by atoms with Gasteiger partial charge >= 0.3 is 5.97 Å². The topological polar surface area (TPSA) is 73.9 Å². The third kappa shape index (κ3) is 3.85. The Kier molecular flexibility index (Phi) is 6.24. The van der Waals surface area contributed by atoms with Gasteiger partial charge in [0.25, 0.3) is 5.91 Å². The third-order valence-corrected chi connectivity index (χ3v) is 6.04. The molecule has 2 aromatic rings. The molecular formula is C21H25NO5S. The van der Waals surface area contributed by atoms with E-state index < -0.39 is 5.97 Å². The van der Waals surface area contributed by atoms with E-state index in [1.807, 2.05) is 0 Å². The summed E-state index contributed by atoms with van der Waals surface area (Å²) in [5.74, 6) is 0.594. The SMILES string of the molecule is CCOC(=O)c1c(NC(=O)c2c(OC)cccc2OC)sc2c1CC[C@@H](C)C2. The molecule has 28 heavy (non-hydrogen) atoms. The normalized spacial score (nSPS) is 15.5. The molecule has 1 atom stereocenters. The summed E-state index contributed by atoms with van der Waals surface area (Å²) in [5, 5.41) is 3.43. The predicted molar refractivity (Wildman–Crippen MR) is 109 cm³/mol. The molecule has 7 heteroatoms. The van der Waals surface area contributed by atoms with Gasteiger partial charge in [0, 0.05) is 4.88 Å². The Morgan fingerprint density at radius 1 is 1.18 bits per heavy atom. The van der Waals surface area contributed by atoms with Gasteiger partial charge < -0.3 is 19.5 Å². The molecule has 0 bridgehead atoms. The van der Waals surface area contributed by atoms with Gasteiger partial charge in [-0.2, -0.15) is 0 Å². The number of anilines is 1. The summed E-state index contributed by atoms with van der Waals surface area (Å²) in [6.45, 7) is 4.26. The first kappa shape index (κ1) is 20.2. The van der Waals surface area contributed by atoms with E-state index in [2.05, 4.69) is 12.2 Å². The highest BCUT2D eigenvalue weighted by atomic mass is 32.1. The highest BCUT2D eigenvalue weighted by Crippen LogP contribution is 2.41. The van der Waals surface area contributed by atoms with Crippen LogP contribution in [0.4, 0.5) is 5.00 Å². The van der Waals surface area contributed by atoms with E-state index in [0.29, 0.717) is 33.5 Å². The summed E-state index contributed by atoms with van der Waals surface area (Å²) in [4.78, 5) is 26.8. The molecule has 0 aliphatic heterocycles. The van der Waals surface area contributed by atoms with Crippen LogP contribution in [0.3, 0.4) is 0 Å². The van der Waals surface area contributed by atoms with E-state index in [1.54, 1.807) is 25.1 Å². The zero-order chi connectivity index (χ0) is 20.3. The summed E-state index contributed by atoms with van der Waals surface area (Å²) in [6.07, 6.45) is 2.74. The van der Waals surface area contributed by atoms with Crippen LogP contribution in [-0.2, 0) is 17.6 Å². The van der Waals surface area contributed by atoms with Gasteiger partial charge in [-0.15, -0.1) is 11.3 Å². The third-order valence-electron chi connectivity index (χ3n) is 4.87. The molecule has 150 valence electrons. The Morgan fingerprint density at radius 2 is 1.86 bits per heavy atom. The minimum absolute atomic E-state index is 0.285. The van der Waals surface area contributed by atoms with Crippen LogP contribution in [0.1, 0.15) is 51.4 Å². The zero-order valence-electron chi connectivity index (χ0n) is 16.6. The average Bonchev–Trinajstić information content (AvgIpc) is 3.03. The van der Waals surface area contributed by atoms with Crippen molar-refractivity contribution < 1.29 is 23.8 Å². The monoisotopic (exact) mass is 403 g/mol. The van der Waals surface area contributed by atoms with Crippen LogP contribution in [0.2, 0.25) is 0 Å². The standard InChI is InChI=1S/C21H25NO5S/c1-5-27-21(24)17-13-10-9-12(2)11-16(13)28-20(17)22-19(23)18-14(25-3)7-6-8-15(18)26-4/h6-8,12H,5,9-11H2,1-4H3,(H,22,23)/t12-/m1/s1. The zero-order valence-corrected chi connectivity index (χ0v) is 17.4. The number of hydrogen-bond acceptors (Lipinski definition) is 6. The maximum atomic E-state index is 13.1. The smallest absolute Gasteiger partial charge is 0.341 e. The Morgan fingerprint density at radius 3 is 2.46 bits per heavy atom. The average molecular weight is 404 g/mol. The molecule has 3 rings (SSSR count). The molecule has 1 amide bonds. The van der Waals surface area contributed by atoms with Crippen molar-refractivity contribution in [2.75, 3.05) is 26.1 Å². The van der Waals surface area contributed by atoms with Crippen LogP contribution in [0.15, 0.2) is 18.2 Å². The number of nitrogens with one attached hydrogen (secondary N) is 1. The van der Waals surface area contributed by atoms with Crippen molar-refractivity contribution in [3.8, 4) is 11.5 Å². The molecule has 0 unspecified atom stereocenters. The lowest BCUT2D eigenvalue weighted by Gasteiger charge is -2.18. The minimum Gasteiger partial charge on any atom is -0.496 e. The van der Waals surface area contributed by atoms with Crippen LogP contribution in [0.5, 0.6) is 11.5 Å². The van der Waals surface area contributed by atoms with Gasteiger partial charge in [-0.05, 0) is 49.8 Å². The number of methoxy groups -OCH3 is 2. The molecule has 0 spiro atoms. The number of ether oxygens (including phenoxy) is 3. The van der Waals surface area contributed by atoms with E-state index in [0.717, 1.165) is 29.7 Å². The van der Waals surface area contributed by atoms with Gasteiger partial charge in [0.1, 0.15) is 22.1 Å². The van der Waals surface area contributed by atoms with Gasteiger partial charge in [0.15, 0.2) is 0 Å².